The number of rotatable bonds is 6. The molecule has 0 aliphatic rings. The van der Waals surface area contributed by atoms with Crippen LogP contribution in [0.2, 0.25) is 0 Å². The second-order valence-electron chi connectivity index (χ2n) is 4.92. The standard InChI is InChI=1S/C15H18BrN3S/c1-11(2)9-17-10-12-4-5-14(13(16)8-12)20-15-18-6-3-7-19-15/h3-8,11,17H,9-10H2,1-2H3. The minimum atomic E-state index is 0.670. The van der Waals surface area contributed by atoms with Gasteiger partial charge in [-0.15, -0.1) is 0 Å². The molecule has 0 atom stereocenters. The lowest BCUT2D eigenvalue weighted by molar-refractivity contribution is 0.552. The monoisotopic (exact) mass is 351 g/mol. The van der Waals surface area contributed by atoms with E-state index in [0.29, 0.717) is 5.92 Å². The molecule has 0 saturated carbocycles. The van der Waals surface area contributed by atoms with Crippen LogP contribution in [0, 0.1) is 5.92 Å². The van der Waals surface area contributed by atoms with Crippen molar-refractivity contribution >= 4 is 27.7 Å². The fraction of sp³-hybridized carbons (Fsp3) is 0.333. The van der Waals surface area contributed by atoms with Crippen LogP contribution in [-0.4, -0.2) is 16.5 Å². The van der Waals surface area contributed by atoms with Gasteiger partial charge in [0.25, 0.3) is 0 Å². The Bertz CT molecular complexity index is 546. The lowest BCUT2D eigenvalue weighted by Crippen LogP contribution is -2.18. The molecule has 0 radical (unpaired) electrons. The van der Waals surface area contributed by atoms with E-state index in [1.165, 1.54) is 5.56 Å². The smallest absolute Gasteiger partial charge is 0.192 e. The number of hydrogen-bond donors (Lipinski definition) is 1. The zero-order valence-corrected chi connectivity index (χ0v) is 14.0. The highest BCUT2D eigenvalue weighted by molar-refractivity contribution is 9.10. The first kappa shape index (κ1) is 15.5. The van der Waals surface area contributed by atoms with E-state index in [1.807, 2.05) is 6.07 Å². The third-order valence-electron chi connectivity index (χ3n) is 2.62. The maximum atomic E-state index is 4.23. The Balaban J connectivity index is 1.99. The van der Waals surface area contributed by atoms with Crippen LogP contribution in [0.25, 0.3) is 0 Å². The van der Waals surface area contributed by atoms with Gasteiger partial charge in [-0.25, -0.2) is 9.97 Å². The predicted molar refractivity (Wildman–Crippen MR) is 86.8 cm³/mol. The third-order valence-corrected chi connectivity index (χ3v) is 4.51. The molecule has 20 heavy (non-hydrogen) atoms. The van der Waals surface area contributed by atoms with Crippen LogP contribution in [0.15, 0.2) is 51.2 Å². The average Bonchev–Trinajstić information content (AvgIpc) is 2.42. The Kier molecular flexibility index (Phi) is 6.01. The van der Waals surface area contributed by atoms with E-state index in [2.05, 4.69) is 63.3 Å². The van der Waals surface area contributed by atoms with Crippen molar-refractivity contribution in [2.45, 2.75) is 30.4 Å². The first-order valence-corrected chi connectivity index (χ1v) is 8.20. The highest BCUT2D eigenvalue weighted by Gasteiger charge is 2.05. The fourth-order valence-electron chi connectivity index (χ4n) is 1.68. The predicted octanol–water partition coefficient (Wildman–Crippen LogP) is 4.14. The van der Waals surface area contributed by atoms with Crippen molar-refractivity contribution in [2.24, 2.45) is 5.92 Å². The van der Waals surface area contributed by atoms with Gasteiger partial charge in [-0.05, 0) is 63.9 Å². The Morgan fingerprint density at radius 2 is 2.00 bits per heavy atom. The summed E-state index contributed by atoms with van der Waals surface area (Å²) in [6.07, 6.45) is 3.51. The van der Waals surface area contributed by atoms with E-state index in [-0.39, 0.29) is 0 Å². The summed E-state index contributed by atoms with van der Waals surface area (Å²) in [6.45, 7) is 6.35. The summed E-state index contributed by atoms with van der Waals surface area (Å²) in [7, 11) is 0. The molecule has 0 fully saturated rings. The largest absolute Gasteiger partial charge is 0.312 e. The third kappa shape index (κ3) is 4.89. The molecule has 2 aromatic rings. The average molecular weight is 352 g/mol. The molecule has 1 heterocycles. The quantitative estimate of drug-likeness (QED) is 0.793. The molecule has 1 aromatic heterocycles. The van der Waals surface area contributed by atoms with Crippen molar-refractivity contribution in [1.29, 1.82) is 0 Å². The molecule has 3 nitrogen and oxygen atoms in total. The Morgan fingerprint density at radius 3 is 2.65 bits per heavy atom. The van der Waals surface area contributed by atoms with Gasteiger partial charge in [0.1, 0.15) is 0 Å². The van der Waals surface area contributed by atoms with Crippen LogP contribution in [0.1, 0.15) is 19.4 Å². The number of hydrogen-bond acceptors (Lipinski definition) is 4. The van der Waals surface area contributed by atoms with Crippen LogP contribution in [0.5, 0.6) is 0 Å². The summed E-state index contributed by atoms with van der Waals surface area (Å²) in [5.41, 5.74) is 1.27. The number of aromatic nitrogens is 2. The van der Waals surface area contributed by atoms with Gasteiger partial charge in [0.2, 0.25) is 0 Å². The van der Waals surface area contributed by atoms with Crippen LogP contribution in [0.3, 0.4) is 0 Å². The zero-order chi connectivity index (χ0) is 14.4. The van der Waals surface area contributed by atoms with Crippen LogP contribution in [0.4, 0.5) is 0 Å². The van der Waals surface area contributed by atoms with Crippen LogP contribution >= 0.6 is 27.7 Å². The van der Waals surface area contributed by atoms with Gasteiger partial charge in [0.15, 0.2) is 5.16 Å². The summed E-state index contributed by atoms with van der Waals surface area (Å²) in [4.78, 5) is 9.58. The van der Waals surface area contributed by atoms with Crippen LogP contribution < -0.4 is 5.32 Å². The van der Waals surface area contributed by atoms with E-state index in [4.69, 9.17) is 0 Å². The van der Waals surface area contributed by atoms with Gasteiger partial charge in [0.05, 0.1) is 0 Å². The van der Waals surface area contributed by atoms with Gasteiger partial charge in [-0.1, -0.05) is 19.9 Å². The molecule has 0 unspecified atom stereocenters. The Labute approximate surface area is 132 Å². The summed E-state index contributed by atoms with van der Waals surface area (Å²) >= 11 is 5.18. The summed E-state index contributed by atoms with van der Waals surface area (Å²) in [5, 5.41) is 4.21. The summed E-state index contributed by atoms with van der Waals surface area (Å²) in [6, 6.07) is 8.22. The number of benzene rings is 1. The molecule has 5 heteroatoms. The van der Waals surface area contributed by atoms with Crippen molar-refractivity contribution in [2.75, 3.05) is 6.54 Å². The van der Waals surface area contributed by atoms with Crippen LogP contribution in [-0.2, 0) is 6.54 Å². The van der Waals surface area contributed by atoms with Crippen molar-refractivity contribution in [3.8, 4) is 0 Å². The topological polar surface area (TPSA) is 37.8 Å². The highest BCUT2D eigenvalue weighted by atomic mass is 79.9. The fourth-order valence-corrected chi connectivity index (χ4v) is 3.06. The molecule has 0 saturated heterocycles. The molecule has 1 N–H and O–H groups in total. The van der Waals surface area contributed by atoms with E-state index in [1.54, 1.807) is 24.2 Å². The second-order valence-corrected chi connectivity index (χ2v) is 6.79. The lowest BCUT2D eigenvalue weighted by Gasteiger charge is -2.09. The molecule has 1 aromatic carbocycles. The first-order valence-electron chi connectivity index (χ1n) is 6.59. The molecule has 106 valence electrons. The lowest BCUT2D eigenvalue weighted by atomic mass is 10.2. The normalized spacial score (nSPS) is 11.0. The van der Waals surface area contributed by atoms with E-state index >= 15 is 0 Å². The van der Waals surface area contributed by atoms with Crippen molar-refractivity contribution in [1.82, 2.24) is 15.3 Å². The minimum Gasteiger partial charge on any atom is -0.312 e. The number of nitrogens with one attached hydrogen (secondary N) is 1. The van der Waals surface area contributed by atoms with Gasteiger partial charge < -0.3 is 5.32 Å². The van der Waals surface area contributed by atoms with E-state index < -0.39 is 0 Å². The molecule has 0 amide bonds. The van der Waals surface area contributed by atoms with Gasteiger partial charge >= 0.3 is 0 Å². The molecular weight excluding hydrogens is 334 g/mol. The van der Waals surface area contributed by atoms with Crippen molar-refractivity contribution < 1.29 is 0 Å². The molecule has 0 spiro atoms. The summed E-state index contributed by atoms with van der Waals surface area (Å²) < 4.78 is 1.08. The van der Waals surface area contributed by atoms with E-state index in [0.717, 1.165) is 27.6 Å². The van der Waals surface area contributed by atoms with Gasteiger partial charge in [-0.2, -0.15) is 0 Å². The molecule has 0 aliphatic heterocycles. The Morgan fingerprint density at radius 1 is 1.25 bits per heavy atom. The molecular formula is C15H18BrN3S. The summed E-state index contributed by atoms with van der Waals surface area (Å²) in [5.74, 6) is 0.670. The Hall–Kier alpha value is -0.910. The molecule has 0 bridgehead atoms. The zero-order valence-electron chi connectivity index (χ0n) is 11.6. The molecule has 0 aliphatic carbocycles. The van der Waals surface area contributed by atoms with E-state index in [9.17, 15) is 0 Å². The SMILES string of the molecule is CC(C)CNCc1ccc(Sc2ncccn2)c(Br)c1. The van der Waals surface area contributed by atoms with Gasteiger partial charge in [0, 0.05) is 28.3 Å². The second kappa shape index (κ2) is 7.76. The number of halogens is 1. The van der Waals surface area contributed by atoms with Gasteiger partial charge in [-0.3, -0.25) is 0 Å². The van der Waals surface area contributed by atoms with Crippen molar-refractivity contribution in [3.63, 3.8) is 0 Å². The molecule has 2 rings (SSSR count). The first-order chi connectivity index (χ1) is 9.65. The highest BCUT2D eigenvalue weighted by Crippen LogP contribution is 2.31. The minimum absolute atomic E-state index is 0.670. The van der Waals surface area contributed by atoms with Crippen molar-refractivity contribution in [3.05, 3.63) is 46.7 Å². The maximum Gasteiger partial charge on any atom is 0.192 e. The number of nitrogens with zero attached hydrogens (tertiary/aromatic N) is 2. The maximum absolute atomic E-state index is 4.23.